The molecule has 1 amide bonds. The molecule has 0 aliphatic carbocycles. The first-order valence-electron chi connectivity index (χ1n) is 6.84. The van der Waals surface area contributed by atoms with Crippen LogP contribution in [0.15, 0.2) is 49.2 Å². The van der Waals surface area contributed by atoms with E-state index in [-0.39, 0.29) is 11.3 Å². The molecular weight excluding hydrogens is 359 g/mol. The van der Waals surface area contributed by atoms with Crippen molar-refractivity contribution < 1.29 is 18.0 Å². The maximum Gasteiger partial charge on any atom is 0.417 e. The highest BCUT2D eigenvalue weighted by Gasteiger charge is 2.33. The molecule has 1 N–H and O–H groups in total. The predicted molar refractivity (Wildman–Crippen MR) is 83.6 cm³/mol. The first-order valence-corrected chi connectivity index (χ1v) is 7.21. The van der Waals surface area contributed by atoms with Gasteiger partial charge >= 0.3 is 6.18 Å². The van der Waals surface area contributed by atoms with Gasteiger partial charge in [-0.1, -0.05) is 11.6 Å². The van der Waals surface area contributed by atoms with Crippen molar-refractivity contribution in [1.29, 1.82) is 0 Å². The summed E-state index contributed by atoms with van der Waals surface area (Å²) in [6.07, 6.45) is -0.525. The van der Waals surface area contributed by atoms with Crippen LogP contribution in [0.3, 0.4) is 0 Å². The van der Waals surface area contributed by atoms with Crippen molar-refractivity contribution in [1.82, 2.24) is 19.7 Å². The van der Waals surface area contributed by atoms with E-state index in [9.17, 15) is 18.0 Å². The Kier molecular flexibility index (Phi) is 4.41. The fourth-order valence-electron chi connectivity index (χ4n) is 2.03. The SMILES string of the molecule is O=C(Nc1ccc(Cl)c(C(F)(F)F)c1)c1ccnc(-n2cncn2)c1. The molecule has 6 nitrogen and oxygen atoms in total. The Morgan fingerprint density at radius 1 is 1.20 bits per heavy atom. The van der Waals surface area contributed by atoms with Gasteiger partial charge in [0.1, 0.15) is 12.7 Å². The molecule has 0 saturated heterocycles. The van der Waals surface area contributed by atoms with E-state index in [0.717, 1.165) is 12.1 Å². The van der Waals surface area contributed by atoms with Crippen LogP contribution in [0.1, 0.15) is 15.9 Å². The van der Waals surface area contributed by atoms with Crippen LogP contribution in [0, 0.1) is 0 Å². The molecule has 0 radical (unpaired) electrons. The van der Waals surface area contributed by atoms with Crippen molar-refractivity contribution in [2.75, 3.05) is 5.32 Å². The lowest BCUT2D eigenvalue weighted by Gasteiger charge is -2.12. The molecule has 3 rings (SSSR count). The number of nitrogens with zero attached hydrogens (tertiary/aromatic N) is 4. The van der Waals surface area contributed by atoms with Crippen molar-refractivity contribution in [2.45, 2.75) is 6.18 Å². The van der Waals surface area contributed by atoms with Gasteiger partial charge in [0.25, 0.3) is 5.91 Å². The van der Waals surface area contributed by atoms with Crippen molar-refractivity contribution in [3.63, 3.8) is 0 Å². The number of pyridine rings is 1. The molecule has 2 heterocycles. The molecule has 0 bridgehead atoms. The van der Waals surface area contributed by atoms with Gasteiger partial charge in [-0.05, 0) is 30.3 Å². The van der Waals surface area contributed by atoms with Gasteiger partial charge in [0, 0.05) is 17.4 Å². The van der Waals surface area contributed by atoms with Crippen molar-refractivity contribution in [3.8, 4) is 5.82 Å². The number of rotatable bonds is 3. The number of hydrogen-bond donors (Lipinski definition) is 1. The normalized spacial score (nSPS) is 11.4. The molecule has 0 atom stereocenters. The van der Waals surface area contributed by atoms with Gasteiger partial charge in [-0.2, -0.15) is 18.3 Å². The number of carbonyl (C=O) groups is 1. The number of benzene rings is 1. The molecule has 0 aliphatic heterocycles. The lowest BCUT2D eigenvalue weighted by atomic mass is 10.1. The van der Waals surface area contributed by atoms with Gasteiger partial charge in [-0.15, -0.1) is 0 Å². The highest BCUT2D eigenvalue weighted by Crippen LogP contribution is 2.36. The summed E-state index contributed by atoms with van der Waals surface area (Å²) in [5.74, 6) is -0.253. The summed E-state index contributed by atoms with van der Waals surface area (Å²) < 4.78 is 40.0. The molecule has 3 aromatic rings. The lowest BCUT2D eigenvalue weighted by Crippen LogP contribution is -2.14. The van der Waals surface area contributed by atoms with E-state index in [1.165, 1.54) is 41.7 Å². The van der Waals surface area contributed by atoms with Crippen molar-refractivity contribution in [2.24, 2.45) is 0 Å². The van der Waals surface area contributed by atoms with Gasteiger partial charge in [-0.3, -0.25) is 4.79 Å². The van der Waals surface area contributed by atoms with Gasteiger partial charge in [0.2, 0.25) is 0 Å². The zero-order valence-corrected chi connectivity index (χ0v) is 13.1. The van der Waals surface area contributed by atoms with Crippen LogP contribution in [-0.4, -0.2) is 25.7 Å². The number of carbonyl (C=O) groups excluding carboxylic acids is 1. The van der Waals surface area contributed by atoms with E-state index in [1.54, 1.807) is 0 Å². The van der Waals surface area contributed by atoms with E-state index in [2.05, 4.69) is 20.4 Å². The monoisotopic (exact) mass is 367 g/mol. The van der Waals surface area contributed by atoms with Crippen LogP contribution >= 0.6 is 11.6 Å². The lowest BCUT2D eigenvalue weighted by molar-refractivity contribution is -0.137. The van der Waals surface area contributed by atoms with Gasteiger partial charge < -0.3 is 5.32 Å². The number of alkyl halides is 3. The summed E-state index contributed by atoms with van der Waals surface area (Å²) in [6, 6.07) is 6.00. The summed E-state index contributed by atoms with van der Waals surface area (Å²) in [6.45, 7) is 0. The summed E-state index contributed by atoms with van der Waals surface area (Å²) in [4.78, 5) is 20.1. The highest BCUT2D eigenvalue weighted by molar-refractivity contribution is 6.31. The zero-order valence-electron chi connectivity index (χ0n) is 12.3. The van der Waals surface area contributed by atoms with E-state index < -0.39 is 22.7 Å². The van der Waals surface area contributed by atoms with E-state index in [1.807, 2.05) is 0 Å². The Morgan fingerprint density at radius 2 is 2.00 bits per heavy atom. The zero-order chi connectivity index (χ0) is 18.0. The summed E-state index contributed by atoms with van der Waals surface area (Å²) >= 11 is 5.56. The van der Waals surface area contributed by atoms with E-state index in [4.69, 9.17) is 11.6 Å². The molecule has 0 saturated carbocycles. The van der Waals surface area contributed by atoms with Gasteiger partial charge in [0.05, 0.1) is 10.6 Å². The standard InChI is InChI=1S/C15H9ClF3N5O/c16-12-2-1-10(6-11(12)15(17,18)19)23-14(25)9-3-4-21-13(5-9)24-8-20-7-22-24/h1-8H,(H,23,25). The van der Waals surface area contributed by atoms with Crippen molar-refractivity contribution >= 4 is 23.2 Å². The molecule has 2 aromatic heterocycles. The molecular formula is C15H9ClF3N5O. The minimum atomic E-state index is -4.62. The molecule has 0 fully saturated rings. The van der Waals surface area contributed by atoms with Gasteiger partial charge in [0.15, 0.2) is 5.82 Å². The van der Waals surface area contributed by atoms with Gasteiger partial charge in [-0.25, -0.2) is 14.6 Å². The Labute approximate surface area is 144 Å². The third-order valence-corrected chi connectivity index (χ3v) is 3.52. The predicted octanol–water partition coefficient (Wildman–Crippen LogP) is 3.59. The molecule has 0 unspecified atom stereocenters. The second kappa shape index (κ2) is 6.52. The minimum absolute atomic E-state index is 0.0270. The molecule has 10 heteroatoms. The topological polar surface area (TPSA) is 72.7 Å². The first-order chi connectivity index (χ1) is 11.8. The quantitative estimate of drug-likeness (QED) is 0.768. The molecule has 1 aromatic carbocycles. The fourth-order valence-corrected chi connectivity index (χ4v) is 2.26. The number of amides is 1. The van der Waals surface area contributed by atoms with Crippen LogP contribution in [0.5, 0.6) is 0 Å². The average Bonchev–Trinajstić information content (AvgIpc) is 3.10. The van der Waals surface area contributed by atoms with Crippen molar-refractivity contribution in [3.05, 3.63) is 65.3 Å². The number of aromatic nitrogens is 4. The first kappa shape index (κ1) is 16.9. The van der Waals surface area contributed by atoms with Crippen LogP contribution in [-0.2, 0) is 6.18 Å². The minimum Gasteiger partial charge on any atom is -0.322 e. The molecule has 25 heavy (non-hydrogen) atoms. The highest BCUT2D eigenvalue weighted by atomic mass is 35.5. The van der Waals surface area contributed by atoms with Crippen LogP contribution in [0.2, 0.25) is 5.02 Å². The smallest absolute Gasteiger partial charge is 0.322 e. The maximum absolute atomic E-state index is 12.9. The third kappa shape index (κ3) is 3.77. The van der Waals surface area contributed by atoms with Crippen LogP contribution in [0.4, 0.5) is 18.9 Å². The van der Waals surface area contributed by atoms with E-state index >= 15 is 0 Å². The molecule has 128 valence electrons. The number of hydrogen-bond acceptors (Lipinski definition) is 4. The van der Waals surface area contributed by atoms with Crippen LogP contribution < -0.4 is 5.32 Å². The summed E-state index contributed by atoms with van der Waals surface area (Å²) in [7, 11) is 0. The average molecular weight is 368 g/mol. The number of anilines is 1. The second-order valence-electron chi connectivity index (χ2n) is 4.89. The summed E-state index contributed by atoms with van der Waals surface area (Å²) in [5, 5.41) is 5.85. The number of nitrogens with one attached hydrogen (secondary N) is 1. The second-order valence-corrected chi connectivity index (χ2v) is 5.30. The van der Waals surface area contributed by atoms with E-state index in [0.29, 0.717) is 5.82 Å². The molecule has 0 spiro atoms. The largest absolute Gasteiger partial charge is 0.417 e. The summed E-state index contributed by atoms with van der Waals surface area (Å²) in [5.41, 5.74) is -0.852. The Balaban J connectivity index is 1.85. The fraction of sp³-hybridized carbons (Fsp3) is 0.0667. The Morgan fingerprint density at radius 3 is 2.68 bits per heavy atom. The Bertz CT molecular complexity index is 912. The van der Waals surface area contributed by atoms with Crippen LogP contribution in [0.25, 0.3) is 5.82 Å². The third-order valence-electron chi connectivity index (χ3n) is 3.19. The number of halogens is 4. The maximum atomic E-state index is 12.9. The molecule has 0 aliphatic rings. The Hall–Kier alpha value is -2.94.